The van der Waals surface area contributed by atoms with Gasteiger partial charge in [0.2, 0.25) is 0 Å². The van der Waals surface area contributed by atoms with Crippen LogP contribution >= 0.6 is 0 Å². The summed E-state index contributed by atoms with van der Waals surface area (Å²) in [5, 5.41) is 0. The van der Waals surface area contributed by atoms with Crippen molar-refractivity contribution in [1.82, 2.24) is 0 Å². The van der Waals surface area contributed by atoms with Gasteiger partial charge in [0.05, 0.1) is 13.2 Å². The average molecular weight is 233 g/mol. The lowest BCUT2D eigenvalue weighted by Crippen LogP contribution is -2.54. The molecule has 1 aliphatic heterocycles. The van der Waals surface area contributed by atoms with Crippen LogP contribution in [-0.4, -0.2) is 19.8 Å². The fourth-order valence-electron chi connectivity index (χ4n) is 2.79. The average Bonchev–Trinajstić information content (AvgIpc) is 2.27. The fourth-order valence-corrected chi connectivity index (χ4v) is 2.79. The van der Waals surface area contributed by atoms with Crippen molar-refractivity contribution in [2.24, 2.45) is 11.7 Å². The van der Waals surface area contributed by atoms with Gasteiger partial charge in [-0.1, -0.05) is 31.5 Å². The molecule has 1 heterocycles. The van der Waals surface area contributed by atoms with Crippen molar-refractivity contribution in [3.05, 3.63) is 34.9 Å². The summed E-state index contributed by atoms with van der Waals surface area (Å²) < 4.78 is 5.49. The van der Waals surface area contributed by atoms with Gasteiger partial charge >= 0.3 is 0 Å². The highest BCUT2D eigenvalue weighted by Crippen LogP contribution is 2.41. The van der Waals surface area contributed by atoms with E-state index in [0.29, 0.717) is 5.92 Å². The molecule has 0 amide bonds. The van der Waals surface area contributed by atoms with Crippen LogP contribution < -0.4 is 5.73 Å². The lowest BCUT2D eigenvalue weighted by atomic mass is 9.67. The Kier molecular flexibility index (Phi) is 3.55. The molecule has 1 aromatic carbocycles. The number of ether oxygens (including phenoxy) is 1. The Morgan fingerprint density at radius 2 is 2.00 bits per heavy atom. The molecular weight excluding hydrogens is 210 g/mol. The van der Waals surface area contributed by atoms with Crippen LogP contribution in [0.2, 0.25) is 0 Å². The molecule has 1 atom stereocenters. The number of nitrogens with two attached hydrogens (primary N) is 1. The Labute approximate surface area is 104 Å². The van der Waals surface area contributed by atoms with Crippen LogP contribution in [0.3, 0.4) is 0 Å². The van der Waals surface area contributed by atoms with Crippen LogP contribution in [0.4, 0.5) is 0 Å². The van der Waals surface area contributed by atoms with E-state index in [2.05, 4.69) is 39.0 Å². The van der Waals surface area contributed by atoms with E-state index in [4.69, 9.17) is 10.5 Å². The van der Waals surface area contributed by atoms with E-state index in [-0.39, 0.29) is 5.41 Å². The van der Waals surface area contributed by atoms with E-state index in [1.165, 1.54) is 16.7 Å². The number of aryl methyl sites for hydroxylation is 2. The quantitative estimate of drug-likeness (QED) is 0.867. The Hall–Kier alpha value is -0.860. The third kappa shape index (κ3) is 2.00. The zero-order valence-electron chi connectivity index (χ0n) is 11.1. The molecule has 0 aliphatic carbocycles. The van der Waals surface area contributed by atoms with E-state index in [1.807, 2.05) is 0 Å². The molecule has 94 valence electrons. The molecule has 2 N–H and O–H groups in total. The number of benzene rings is 1. The smallest absolute Gasteiger partial charge is 0.0588 e. The second-order valence-electron chi connectivity index (χ2n) is 5.29. The van der Waals surface area contributed by atoms with Crippen LogP contribution in [0.15, 0.2) is 18.2 Å². The second-order valence-corrected chi connectivity index (χ2v) is 5.29. The summed E-state index contributed by atoms with van der Waals surface area (Å²) in [5.74, 6) is 0.526. The van der Waals surface area contributed by atoms with Crippen molar-refractivity contribution >= 4 is 0 Å². The molecule has 2 nitrogen and oxygen atoms in total. The maximum atomic E-state index is 5.93. The monoisotopic (exact) mass is 233 g/mol. The van der Waals surface area contributed by atoms with Crippen molar-refractivity contribution in [3.63, 3.8) is 0 Å². The standard InChI is InChI=1S/C15H23NO/c1-4-13(8-16)15(9-17-10-15)14-6-5-11(2)12(3)7-14/h5-7,13H,4,8-10,16H2,1-3H3. The normalized spacial score (nSPS) is 19.8. The molecular formula is C15H23NO. The topological polar surface area (TPSA) is 35.2 Å². The Morgan fingerprint density at radius 1 is 1.29 bits per heavy atom. The van der Waals surface area contributed by atoms with Crippen LogP contribution in [0, 0.1) is 19.8 Å². The second kappa shape index (κ2) is 4.79. The minimum absolute atomic E-state index is 0.169. The Bertz CT molecular complexity index is 392. The van der Waals surface area contributed by atoms with E-state index in [9.17, 15) is 0 Å². The van der Waals surface area contributed by atoms with Crippen LogP contribution in [0.5, 0.6) is 0 Å². The zero-order chi connectivity index (χ0) is 12.5. The van der Waals surface area contributed by atoms with Crippen molar-refractivity contribution in [3.8, 4) is 0 Å². The van der Waals surface area contributed by atoms with Crippen molar-refractivity contribution in [1.29, 1.82) is 0 Å². The van der Waals surface area contributed by atoms with Gasteiger partial charge in [0, 0.05) is 5.41 Å². The van der Waals surface area contributed by atoms with Gasteiger partial charge in [-0.05, 0) is 43.0 Å². The largest absolute Gasteiger partial charge is 0.379 e. The summed E-state index contributed by atoms with van der Waals surface area (Å²) in [6.45, 7) is 8.95. The van der Waals surface area contributed by atoms with Gasteiger partial charge in [-0.3, -0.25) is 0 Å². The summed E-state index contributed by atoms with van der Waals surface area (Å²) in [4.78, 5) is 0. The first-order valence-corrected chi connectivity index (χ1v) is 6.49. The van der Waals surface area contributed by atoms with Gasteiger partial charge in [0.25, 0.3) is 0 Å². The van der Waals surface area contributed by atoms with Gasteiger partial charge in [-0.2, -0.15) is 0 Å². The number of hydrogen-bond acceptors (Lipinski definition) is 2. The minimum Gasteiger partial charge on any atom is -0.379 e. The summed E-state index contributed by atoms with van der Waals surface area (Å²) >= 11 is 0. The lowest BCUT2D eigenvalue weighted by Gasteiger charge is -2.47. The highest BCUT2D eigenvalue weighted by molar-refractivity contribution is 5.37. The molecule has 1 unspecified atom stereocenters. The molecule has 2 heteroatoms. The maximum absolute atomic E-state index is 5.93. The highest BCUT2D eigenvalue weighted by Gasteiger charge is 2.45. The zero-order valence-corrected chi connectivity index (χ0v) is 11.1. The summed E-state index contributed by atoms with van der Waals surface area (Å²) in [5.41, 5.74) is 10.2. The third-order valence-corrected chi connectivity index (χ3v) is 4.36. The van der Waals surface area contributed by atoms with Gasteiger partial charge < -0.3 is 10.5 Å². The first kappa shape index (κ1) is 12.6. The Morgan fingerprint density at radius 3 is 2.41 bits per heavy atom. The minimum atomic E-state index is 0.169. The molecule has 17 heavy (non-hydrogen) atoms. The molecule has 0 spiro atoms. The molecule has 0 aromatic heterocycles. The fraction of sp³-hybridized carbons (Fsp3) is 0.600. The van der Waals surface area contributed by atoms with Gasteiger partial charge in [-0.15, -0.1) is 0 Å². The van der Waals surface area contributed by atoms with Gasteiger partial charge in [-0.25, -0.2) is 0 Å². The molecule has 1 aromatic rings. The first-order chi connectivity index (χ1) is 8.14. The Balaban J connectivity index is 2.37. The first-order valence-electron chi connectivity index (χ1n) is 6.49. The maximum Gasteiger partial charge on any atom is 0.0588 e. The van der Waals surface area contributed by atoms with E-state index < -0.39 is 0 Å². The molecule has 2 rings (SSSR count). The van der Waals surface area contributed by atoms with Crippen LogP contribution in [0.1, 0.15) is 30.0 Å². The summed E-state index contributed by atoms with van der Waals surface area (Å²) in [7, 11) is 0. The van der Waals surface area contributed by atoms with Crippen LogP contribution in [-0.2, 0) is 10.2 Å². The van der Waals surface area contributed by atoms with Gasteiger partial charge in [0.15, 0.2) is 0 Å². The highest BCUT2D eigenvalue weighted by atomic mass is 16.5. The third-order valence-electron chi connectivity index (χ3n) is 4.36. The van der Waals surface area contributed by atoms with E-state index >= 15 is 0 Å². The van der Waals surface area contributed by atoms with E-state index in [0.717, 1.165) is 26.2 Å². The lowest BCUT2D eigenvalue weighted by molar-refractivity contribution is -0.0898. The van der Waals surface area contributed by atoms with Crippen LogP contribution in [0.25, 0.3) is 0 Å². The molecule has 0 saturated carbocycles. The molecule has 1 fully saturated rings. The summed E-state index contributed by atoms with van der Waals surface area (Å²) in [6.07, 6.45) is 1.12. The van der Waals surface area contributed by atoms with Crippen molar-refractivity contribution < 1.29 is 4.74 Å². The number of rotatable bonds is 4. The predicted molar refractivity (Wildman–Crippen MR) is 71.2 cm³/mol. The molecule has 0 radical (unpaired) electrons. The van der Waals surface area contributed by atoms with Gasteiger partial charge in [0.1, 0.15) is 0 Å². The summed E-state index contributed by atoms with van der Waals surface area (Å²) in [6, 6.07) is 6.79. The van der Waals surface area contributed by atoms with Crippen molar-refractivity contribution in [2.75, 3.05) is 19.8 Å². The molecule has 1 saturated heterocycles. The SMILES string of the molecule is CCC(CN)C1(c2ccc(C)c(C)c2)COC1. The van der Waals surface area contributed by atoms with E-state index in [1.54, 1.807) is 0 Å². The molecule has 0 bridgehead atoms. The molecule has 1 aliphatic rings. The van der Waals surface area contributed by atoms with Crippen molar-refractivity contribution in [2.45, 2.75) is 32.6 Å². The predicted octanol–water partition coefficient (Wildman–Crippen LogP) is 2.56. The number of hydrogen-bond donors (Lipinski definition) is 1.